The molecule has 9 heteroatoms. The van der Waals surface area contributed by atoms with Crippen LogP contribution in [0.1, 0.15) is 23.9 Å². The third-order valence-corrected chi connectivity index (χ3v) is 5.93. The van der Waals surface area contributed by atoms with Crippen molar-refractivity contribution in [3.8, 4) is 11.4 Å². The van der Waals surface area contributed by atoms with E-state index in [0.717, 1.165) is 22.6 Å². The molecule has 1 aliphatic rings. The van der Waals surface area contributed by atoms with Gasteiger partial charge in [0.15, 0.2) is 5.11 Å². The number of carbonyl (C=O) groups is 3. The van der Waals surface area contributed by atoms with Gasteiger partial charge in [-0.2, -0.15) is 0 Å². The van der Waals surface area contributed by atoms with Crippen LogP contribution in [-0.4, -0.2) is 34.5 Å². The van der Waals surface area contributed by atoms with Crippen molar-refractivity contribution in [2.24, 2.45) is 0 Å². The molecule has 8 nitrogen and oxygen atoms in total. The lowest BCUT2D eigenvalue weighted by atomic mass is 10.1. The smallest absolute Gasteiger partial charge is 0.270 e. The van der Waals surface area contributed by atoms with Crippen molar-refractivity contribution in [1.29, 1.82) is 0 Å². The molecule has 0 atom stereocenters. The Labute approximate surface area is 208 Å². The molecule has 0 unspecified atom stereocenters. The molecule has 2 N–H and O–H groups in total. The molecule has 1 saturated heterocycles. The molecule has 0 bridgehead atoms. The lowest BCUT2D eigenvalue weighted by Gasteiger charge is -2.29. The SMILES string of the molecule is COc1ccccc1N1C(=O)/C(=C/c2cc(C)n(-c3ccc(NC(C)=O)cc3)c2C)C(=O)NC1=S. The average Bonchev–Trinajstić information content (AvgIpc) is 3.09. The standard InChI is InChI=1S/C26H24N4O4S/c1-15-13-18(16(2)29(15)20-11-9-19(10-12-20)27-17(3)31)14-21-24(32)28-26(35)30(25(21)33)22-7-5-6-8-23(22)34-4/h5-14H,1-4H3,(H,27,31)(H,28,32,35)/b21-14+. The lowest BCUT2D eigenvalue weighted by molar-refractivity contribution is -0.122. The third kappa shape index (κ3) is 4.58. The van der Waals surface area contributed by atoms with Gasteiger partial charge in [0.1, 0.15) is 11.3 Å². The average molecular weight is 489 g/mol. The van der Waals surface area contributed by atoms with E-state index in [4.69, 9.17) is 17.0 Å². The van der Waals surface area contributed by atoms with E-state index >= 15 is 0 Å². The molecule has 3 amide bonds. The number of carbonyl (C=O) groups excluding carboxylic acids is 3. The van der Waals surface area contributed by atoms with Crippen LogP contribution in [0, 0.1) is 13.8 Å². The highest BCUT2D eigenvalue weighted by Crippen LogP contribution is 2.31. The Bertz CT molecular complexity index is 1390. The second kappa shape index (κ2) is 9.55. The molecule has 0 spiro atoms. The lowest BCUT2D eigenvalue weighted by Crippen LogP contribution is -2.54. The summed E-state index contributed by atoms with van der Waals surface area (Å²) < 4.78 is 7.39. The maximum Gasteiger partial charge on any atom is 0.270 e. The summed E-state index contributed by atoms with van der Waals surface area (Å²) in [4.78, 5) is 38.7. The molecular formula is C26H24N4O4S. The fraction of sp³-hybridized carbons (Fsp3) is 0.154. The first kappa shape index (κ1) is 23.9. The predicted octanol–water partition coefficient (Wildman–Crippen LogP) is 3.89. The zero-order valence-corrected chi connectivity index (χ0v) is 20.5. The highest BCUT2D eigenvalue weighted by molar-refractivity contribution is 7.80. The van der Waals surface area contributed by atoms with Gasteiger partial charge in [-0.3, -0.25) is 19.7 Å². The van der Waals surface area contributed by atoms with E-state index < -0.39 is 11.8 Å². The number of nitrogens with one attached hydrogen (secondary N) is 2. The van der Waals surface area contributed by atoms with E-state index in [1.165, 1.54) is 18.9 Å². The molecule has 1 aliphatic heterocycles. The third-order valence-electron chi connectivity index (χ3n) is 5.64. The van der Waals surface area contributed by atoms with Gasteiger partial charge in [0, 0.05) is 29.7 Å². The summed E-state index contributed by atoms with van der Waals surface area (Å²) >= 11 is 5.30. The Kier molecular flexibility index (Phi) is 6.52. The molecule has 2 heterocycles. The van der Waals surface area contributed by atoms with E-state index in [-0.39, 0.29) is 16.6 Å². The number of methoxy groups -OCH3 is 1. The number of para-hydroxylation sites is 2. The second-order valence-electron chi connectivity index (χ2n) is 8.02. The topological polar surface area (TPSA) is 92.7 Å². The van der Waals surface area contributed by atoms with E-state index in [0.29, 0.717) is 17.1 Å². The summed E-state index contributed by atoms with van der Waals surface area (Å²) in [7, 11) is 1.50. The maximum atomic E-state index is 13.4. The van der Waals surface area contributed by atoms with Crippen molar-refractivity contribution >= 4 is 52.5 Å². The van der Waals surface area contributed by atoms with Gasteiger partial charge in [0.05, 0.1) is 12.8 Å². The second-order valence-corrected chi connectivity index (χ2v) is 8.41. The number of aryl methyl sites for hydroxylation is 1. The Morgan fingerprint density at radius 1 is 1.09 bits per heavy atom. The molecule has 0 saturated carbocycles. The molecule has 0 radical (unpaired) electrons. The monoisotopic (exact) mass is 488 g/mol. The van der Waals surface area contributed by atoms with Gasteiger partial charge in [-0.15, -0.1) is 0 Å². The molecule has 2 aromatic carbocycles. The minimum absolute atomic E-state index is 0.00798. The van der Waals surface area contributed by atoms with Crippen LogP contribution >= 0.6 is 12.2 Å². The van der Waals surface area contributed by atoms with E-state index in [9.17, 15) is 14.4 Å². The molecular weight excluding hydrogens is 464 g/mol. The first-order valence-corrected chi connectivity index (χ1v) is 11.2. The number of benzene rings is 2. The zero-order valence-electron chi connectivity index (χ0n) is 19.7. The zero-order chi connectivity index (χ0) is 25.3. The van der Waals surface area contributed by atoms with Crippen molar-refractivity contribution < 1.29 is 19.1 Å². The summed E-state index contributed by atoms with van der Waals surface area (Å²) in [5, 5.41) is 5.35. The number of thiocarbonyl (C=S) groups is 1. The van der Waals surface area contributed by atoms with Crippen LogP contribution in [-0.2, 0) is 14.4 Å². The van der Waals surface area contributed by atoms with E-state index in [2.05, 4.69) is 10.6 Å². The van der Waals surface area contributed by atoms with Gasteiger partial charge in [-0.25, -0.2) is 4.90 Å². The normalized spacial score (nSPS) is 14.8. The molecule has 1 fully saturated rings. The van der Waals surface area contributed by atoms with Crippen molar-refractivity contribution in [2.45, 2.75) is 20.8 Å². The van der Waals surface area contributed by atoms with Crippen molar-refractivity contribution in [1.82, 2.24) is 9.88 Å². The summed E-state index contributed by atoms with van der Waals surface area (Å²) in [5.41, 5.74) is 4.48. The van der Waals surface area contributed by atoms with Crippen LogP contribution in [0.25, 0.3) is 11.8 Å². The summed E-state index contributed by atoms with van der Waals surface area (Å²) in [6, 6.07) is 16.3. The maximum absolute atomic E-state index is 13.4. The first-order valence-electron chi connectivity index (χ1n) is 10.8. The highest BCUT2D eigenvalue weighted by atomic mass is 32.1. The number of anilines is 2. The minimum atomic E-state index is -0.560. The van der Waals surface area contributed by atoms with E-state index in [1.54, 1.807) is 30.3 Å². The van der Waals surface area contributed by atoms with Gasteiger partial charge >= 0.3 is 0 Å². The Morgan fingerprint density at radius 2 is 1.77 bits per heavy atom. The minimum Gasteiger partial charge on any atom is -0.495 e. The first-order chi connectivity index (χ1) is 16.7. The number of hydrogen-bond donors (Lipinski definition) is 2. The number of hydrogen-bond acceptors (Lipinski definition) is 5. The molecule has 3 aromatic rings. The molecule has 35 heavy (non-hydrogen) atoms. The van der Waals surface area contributed by atoms with Gasteiger partial charge in [0.2, 0.25) is 5.91 Å². The predicted molar refractivity (Wildman–Crippen MR) is 139 cm³/mol. The fourth-order valence-corrected chi connectivity index (χ4v) is 4.35. The van der Waals surface area contributed by atoms with Gasteiger partial charge in [-0.1, -0.05) is 12.1 Å². The van der Waals surface area contributed by atoms with Crippen LogP contribution in [0.5, 0.6) is 5.75 Å². The van der Waals surface area contributed by atoms with Crippen molar-refractivity contribution in [3.05, 3.63) is 77.1 Å². The van der Waals surface area contributed by atoms with Gasteiger partial charge in [-0.05, 0) is 80.2 Å². The van der Waals surface area contributed by atoms with Crippen LogP contribution in [0.4, 0.5) is 11.4 Å². The van der Waals surface area contributed by atoms with Crippen LogP contribution < -0.4 is 20.3 Å². The number of amides is 3. The highest BCUT2D eigenvalue weighted by Gasteiger charge is 2.36. The largest absolute Gasteiger partial charge is 0.495 e. The number of ether oxygens (including phenoxy) is 1. The summed E-state index contributed by atoms with van der Waals surface area (Å²) in [6.07, 6.45) is 1.58. The number of rotatable bonds is 5. The number of aromatic nitrogens is 1. The fourth-order valence-electron chi connectivity index (χ4n) is 4.07. The van der Waals surface area contributed by atoms with Gasteiger partial charge in [0.25, 0.3) is 11.8 Å². The Balaban J connectivity index is 1.72. The molecule has 0 aliphatic carbocycles. The summed E-state index contributed by atoms with van der Waals surface area (Å²) in [5.74, 6) is -0.778. The molecule has 4 rings (SSSR count). The number of nitrogens with zero attached hydrogens (tertiary/aromatic N) is 2. The van der Waals surface area contributed by atoms with Crippen LogP contribution in [0.15, 0.2) is 60.2 Å². The molecule has 178 valence electrons. The Morgan fingerprint density at radius 3 is 2.43 bits per heavy atom. The van der Waals surface area contributed by atoms with Gasteiger partial charge < -0.3 is 14.6 Å². The van der Waals surface area contributed by atoms with Crippen molar-refractivity contribution in [3.63, 3.8) is 0 Å². The quantitative estimate of drug-likeness (QED) is 0.323. The Hall–Kier alpha value is -4.24. The van der Waals surface area contributed by atoms with E-state index in [1.807, 2.05) is 48.7 Å². The summed E-state index contributed by atoms with van der Waals surface area (Å²) in [6.45, 7) is 5.31. The van der Waals surface area contributed by atoms with Crippen molar-refractivity contribution in [2.75, 3.05) is 17.3 Å². The molecule has 1 aromatic heterocycles. The van der Waals surface area contributed by atoms with Crippen LogP contribution in [0.3, 0.4) is 0 Å². The van der Waals surface area contributed by atoms with Crippen LogP contribution in [0.2, 0.25) is 0 Å².